The SMILES string of the molecule is CC(=O)[C@H](CN)c1ccc(Cl)cc1F. The Hall–Kier alpha value is -0.930. The third-order valence-corrected chi connectivity index (χ3v) is 2.30. The Labute approximate surface area is 86.9 Å². The third kappa shape index (κ3) is 2.30. The Morgan fingerprint density at radius 1 is 1.64 bits per heavy atom. The van der Waals surface area contributed by atoms with Gasteiger partial charge in [0.15, 0.2) is 0 Å². The van der Waals surface area contributed by atoms with Crippen LogP contribution in [0.2, 0.25) is 5.02 Å². The van der Waals surface area contributed by atoms with Crippen molar-refractivity contribution in [2.24, 2.45) is 5.73 Å². The number of rotatable bonds is 3. The summed E-state index contributed by atoms with van der Waals surface area (Å²) in [7, 11) is 0. The summed E-state index contributed by atoms with van der Waals surface area (Å²) in [5.41, 5.74) is 5.70. The van der Waals surface area contributed by atoms with Crippen LogP contribution < -0.4 is 5.73 Å². The molecule has 76 valence electrons. The van der Waals surface area contributed by atoms with Crippen molar-refractivity contribution in [1.82, 2.24) is 0 Å². The minimum atomic E-state index is -0.577. The molecule has 0 bridgehead atoms. The largest absolute Gasteiger partial charge is 0.329 e. The van der Waals surface area contributed by atoms with Crippen molar-refractivity contribution < 1.29 is 9.18 Å². The Morgan fingerprint density at radius 2 is 2.29 bits per heavy atom. The van der Waals surface area contributed by atoms with Crippen LogP contribution in [0.4, 0.5) is 4.39 Å². The van der Waals surface area contributed by atoms with Gasteiger partial charge in [-0.05, 0) is 24.6 Å². The molecule has 0 aliphatic carbocycles. The van der Waals surface area contributed by atoms with Crippen LogP contribution in [0.3, 0.4) is 0 Å². The average Bonchev–Trinajstić information content (AvgIpc) is 2.09. The van der Waals surface area contributed by atoms with Crippen LogP contribution in [0.5, 0.6) is 0 Å². The summed E-state index contributed by atoms with van der Waals surface area (Å²) in [6, 6.07) is 4.23. The first kappa shape index (κ1) is 11.1. The molecule has 2 N–H and O–H groups in total. The highest BCUT2D eigenvalue weighted by Gasteiger charge is 2.18. The number of ketones is 1. The number of benzene rings is 1. The first-order valence-corrected chi connectivity index (χ1v) is 4.59. The standard InChI is InChI=1S/C10H11ClFNO/c1-6(14)9(5-13)8-3-2-7(11)4-10(8)12/h2-4,9H,5,13H2,1H3/t9-/m0/s1. The summed E-state index contributed by atoms with van der Waals surface area (Å²) in [6.45, 7) is 1.50. The van der Waals surface area contributed by atoms with Crippen LogP contribution in [-0.2, 0) is 4.79 Å². The van der Waals surface area contributed by atoms with Gasteiger partial charge in [-0.1, -0.05) is 17.7 Å². The molecule has 4 heteroatoms. The van der Waals surface area contributed by atoms with Crippen molar-refractivity contribution in [2.75, 3.05) is 6.54 Å². The maximum Gasteiger partial charge on any atom is 0.138 e. The number of carbonyl (C=O) groups is 1. The molecule has 1 atom stereocenters. The van der Waals surface area contributed by atoms with Crippen LogP contribution in [-0.4, -0.2) is 12.3 Å². The Morgan fingerprint density at radius 3 is 2.71 bits per heavy atom. The van der Waals surface area contributed by atoms with E-state index in [1.165, 1.54) is 19.1 Å². The van der Waals surface area contributed by atoms with Crippen molar-refractivity contribution in [2.45, 2.75) is 12.8 Å². The van der Waals surface area contributed by atoms with Gasteiger partial charge in [0.25, 0.3) is 0 Å². The number of Topliss-reactive ketones (excluding diaryl/α,β-unsaturated/α-hetero) is 1. The Bertz CT molecular complexity index is 354. The minimum absolute atomic E-state index is 0.105. The summed E-state index contributed by atoms with van der Waals surface area (Å²) >= 11 is 5.59. The first-order chi connectivity index (χ1) is 6.56. The molecule has 0 aliphatic heterocycles. The van der Waals surface area contributed by atoms with Crippen molar-refractivity contribution >= 4 is 17.4 Å². The van der Waals surface area contributed by atoms with Gasteiger partial charge >= 0.3 is 0 Å². The van der Waals surface area contributed by atoms with E-state index in [1.54, 1.807) is 6.07 Å². The summed E-state index contributed by atoms with van der Waals surface area (Å²) < 4.78 is 13.4. The van der Waals surface area contributed by atoms with E-state index in [0.717, 1.165) is 0 Å². The Balaban J connectivity index is 3.10. The Kier molecular flexibility index (Phi) is 3.61. The molecule has 1 aromatic rings. The lowest BCUT2D eigenvalue weighted by molar-refractivity contribution is -0.118. The lowest BCUT2D eigenvalue weighted by atomic mass is 9.95. The van der Waals surface area contributed by atoms with Crippen LogP contribution in [0.15, 0.2) is 18.2 Å². The zero-order valence-electron chi connectivity index (χ0n) is 7.76. The van der Waals surface area contributed by atoms with Crippen LogP contribution >= 0.6 is 11.6 Å². The molecule has 0 unspecified atom stereocenters. The second-order valence-corrected chi connectivity index (χ2v) is 3.50. The van der Waals surface area contributed by atoms with Gasteiger partial charge in [0.05, 0.1) is 5.92 Å². The van der Waals surface area contributed by atoms with Gasteiger partial charge in [0, 0.05) is 11.6 Å². The van der Waals surface area contributed by atoms with Crippen LogP contribution in [0.1, 0.15) is 18.4 Å². The van der Waals surface area contributed by atoms with E-state index in [1.807, 2.05) is 0 Å². The summed E-state index contributed by atoms with van der Waals surface area (Å²) in [6.07, 6.45) is 0. The van der Waals surface area contributed by atoms with E-state index in [-0.39, 0.29) is 12.3 Å². The monoisotopic (exact) mass is 215 g/mol. The lowest BCUT2D eigenvalue weighted by Crippen LogP contribution is -2.20. The highest BCUT2D eigenvalue weighted by atomic mass is 35.5. The molecule has 0 radical (unpaired) electrons. The smallest absolute Gasteiger partial charge is 0.138 e. The highest BCUT2D eigenvalue weighted by molar-refractivity contribution is 6.30. The predicted molar refractivity (Wildman–Crippen MR) is 53.9 cm³/mol. The second kappa shape index (κ2) is 4.53. The fourth-order valence-electron chi connectivity index (χ4n) is 1.30. The molecule has 0 fully saturated rings. The number of hydrogen-bond donors (Lipinski definition) is 1. The van der Waals surface area contributed by atoms with Gasteiger partial charge in [-0.2, -0.15) is 0 Å². The van der Waals surface area contributed by atoms with Gasteiger partial charge in [-0.3, -0.25) is 4.79 Å². The zero-order chi connectivity index (χ0) is 10.7. The van der Waals surface area contributed by atoms with Gasteiger partial charge < -0.3 is 5.73 Å². The van der Waals surface area contributed by atoms with E-state index in [9.17, 15) is 9.18 Å². The third-order valence-electron chi connectivity index (χ3n) is 2.06. The number of hydrogen-bond acceptors (Lipinski definition) is 2. The van der Waals surface area contributed by atoms with Crippen molar-refractivity contribution in [3.05, 3.63) is 34.6 Å². The molecule has 1 rings (SSSR count). The first-order valence-electron chi connectivity index (χ1n) is 4.21. The maximum atomic E-state index is 13.4. The van der Waals surface area contributed by atoms with E-state index >= 15 is 0 Å². The summed E-state index contributed by atoms with van der Waals surface area (Å²) in [4.78, 5) is 11.1. The fourth-order valence-corrected chi connectivity index (χ4v) is 1.45. The fraction of sp³-hybridized carbons (Fsp3) is 0.300. The number of carbonyl (C=O) groups excluding carboxylic acids is 1. The van der Waals surface area contributed by atoms with Crippen molar-refractivity contribution in [3.63, 3.8) is 0 Å². The molecule has 1 aromatic carbocycles. The normalized spacial score (nSPS) is 12.6. The van der Waals surface area contributed by atoms with Gasteiger partial charge in [-0.25, -0.2) is 4.39 Å². The van der Waals surface area contributed by atoms with Crippen molar-refractivity contribution in [1.29, 1.82) is 0 Å². The molecule has 0 spiro atoms. The maximum absolute atomic E-state index is 13.4. The molecular weight excluding hydrogens is 205 g/mol. The molecule has 0 saturated heterocycles. The predicted octanol–water partition coefficient (Wildman–Crippen LogP) is 2.11. The highest BCUT2D eigenvalue weighted by Crippen LogP contribution is 2.22. The molecule has 0 amide bonds. The number of halogens is 2. The van der Waals surface area contributed by atoms with Crippen LogP contribution in [0.25, 0.3) is 0 Å². The van der Waals surface area contributed by atoms with E-state index in [2.05, 4.69) is 0 Å². The quantitative estimate of drug-likeness (QED) is 0.839. The van der Waals surface area contributed by atoms with E-state index in [0.29, 0.717) is 10.6 Å². The molecule has 0 aromatic heterocycles. The lowest BCUT2D eigenvalue weighted by Gasteiger charge is -2.12. The van der Waals surface area contributed by atoms with E-state index in [4.69, 9.17) is 17.3 Å². The zero-order valence-corrected chi connectivity index (χ0v) is 8.51. The molecule has 14 heavy (non-hydrogen) atoms. The molecule has 2 nitrogen and oxygen atoms in total. The van der Waals surface area contributed by atoms with E-state index < -0.39 is 11.7 Å². The van der Waals surface area contributed by atoms with Gasteiger partial charge in [0.2, 0.25) is 0 Å². The molecular formula is C10H11ClFNO. The number of nitrogens with two attached hydrogens (primary N) is 1. The van der Waals surface area contributed by atoms with Crippen LogP contribution in [0, 0.1) is 5.82 Å². The van der Waals surface area contributed by atoms with Gasteiger partial charge in [0.1, 0.15) is 11.6 Å². The molecule has 0 aliphatic rings. The topological polar surface area (TPSA) is 43.1 Å². The second-order valence-electron chi connectivity index (χ2n) is 3.06. The van der Waals surface area contributed by atoms with Crippen molar-refractivity contribution in [3.8, 4) is 0 Å². The average molecular weight is 216 g/mol. The summed E-state index contributed by atoms with van der Waals surface area (Å²) in [5, 5.41) is 0.311. The molecule has 0 saturated carbocycles. The summed E-state index contributed by atoms with van der Waals surface area (Å²) in [5.74, 6) is -1.20. The minimum Gasteiger partial charge on any atom is -0.329 e. The van der Waals surface area contributed by atoms with Gasteiger partial charge in [-0.15, -0.1) is 0 Å². The molecule has 0 heterocycles.